The third-order valence-corrected chi connectivity index (χ3v) is 3.82. The Hall–Kier alpha value is -0.700. The van der Waals surface area contributed by atoms with E-state index in [2.05, 4.69) is 12.2 Å². The van der Waals surface area contributed by atoms with Gasteiger partial charge in [0.1, 0.15) is 5.25 Å². The number of carbonyl (C=O) groups excluding carboxylic acids is 1. The fourth-order valence-electron chi connectivity index (χ4n) is 1.85. The highest BCUT2D eigenvalue weighted by Crippen LogP contribution is 2.38. The molecule has 0 aromatic heterocycles. The van der Waals surface area contributed by atoms with Gasteiger partial charge in [0.25, 0.3) is 0 Å². The molecular formula is C11H14O2S. The van der Waals surface area contributed by atoms with Gasteiger partial charge >= 0.3 is 5.97 Å². The van der Waals surface area contributed by atoms with E-state index in [4.69, 9.17) is 4.74 Å². The van der Waals surface area contributed by atoms with Crippen LogP contribution in [0.2, 0.25) is 0 Å². The summed E-state index contributed by atoms with van der Waals surface area (Å²) in [5, 5.41) is -0.0542. The molecule has 1 heterocycles. The van der Waals surface area contributed by atoms with Gasteiger partial charge < -0.3 is 4.74 Å². The normalized spacial score (nSPS) is 25.1. The molecule has 1 aliphatic carbocycles. The van der Waals surface area contributed by atoms with Crippen LogP contribution in [0.25, 0.3) is 0 Å². The van der Waals surface area contributed by atoms with Gasteiger partial charge in [0.2, 0.25) is 0 Å². The van der Waals surface area contributed by atoms with Crippen molar-refractivity contribution in [2.24, 2.45) is 0 Å². The van der Waals surface area contributed by atoms with E-state index >= 15 is 0 Å². The molecule has 0 aromatic rings. The number of rotatable bonds is 2. The standard InChI is InChI=1S/C11H14O2S/c1-2-13-11(12)10-9-6-4-3-5-8(9)7-14-10/h4,6,10H,2-3,5,7H2,1H3. The van der Waals surface area contributed by atoms with E-state index in [1.54, 1.807) is 11.8 Å². The van der Waals surface area contributed by atoms with Gasteiger partial charge in [-0.2, -0.15) is 0 Å². The van der Waals surface area contributed by atoms with Crippen molar-refractivity contribution in [3.63, 3.8) is 0 Å². The fourth-order valence-corrected chi connectivity index (χ4v) is 3.15. The molecule has 1 atom stereocenters. The highest BCUT2D eigenvalue weighted by Gasteiger charge is 2.31. The van der Waals surface area contributed by atoms with Crippen LogP contribution in [0.3, 0.4) is 0 Å². The highest BCUT2D eigenvalue weighted by atomic mass is 32.2. The smallest absolute Gasteiger partial charge is 0.323 e. The maximum Gasteiger partial charge on any atom is 0.323 e. The van der Waals surface area contributed by atoms with Gasteiger partial charge in [0.15, 0.2) is 0 Å². The quantitative estimate of drug-likeness (QED) is 0.654. The van der Waals surface area contributed by atoms with Gasteiger partial charge in [-0.3, -0.25) is 4.79 Å². The van der Waals surface area contributed by atoms with E-state index in [1.807, 2.05) is 6.92 Å². The van der Waals surface area contributed by atoms with E-state index in [0.29, 0.717) is 6.61 Å². The predicted molar refractivity (Wildman–Crippen MR) is 58.3 cm³/mol. The summed E-state index contributed by atoms with van der Waals surface area (Å²) < 4.78 is 5.05. The second kappa shape index (κ2) is 4.22. The lowest BCUT2D eigenvalue weighted by Crippen LogP contribution is -2.20. The molecule has 1 aliphatic heterocycles. The van der Waals surface area contributed by atoms with Crippen molar-refractivity contribution >= 4 is 17.7 Å². The number of hydrogen-bond acceptors (Lipinski definition) is 3. The largest absolute Gasteiger partial charge is 0.465 e. The summed E-state index contributed by atoms with van der Waals surface area (Å²) in [4.78, 5) is 11.6. The van der Waals surface area contributed by atoms with Crippen molar-refractivity contribution in [2.45, 2.75) is 25.0 Å². The summed E-state index contributed by atoms with van der Waals surface area (Å²) in [5.41, 5.74) is 2.65. The number of ether oxygens (including phenoxy) is 1. The maximum absolute atomic E-state index is 11.6. The molecule has 2 rings (SSSR count). The van der Waals surface area contributed by atoms with Crippen LogP contribution in [0.5, 0.6) is 0 Å². The molecule has 0 amide bonds. The average molecular weight is 210 g/mol. The van der Waals surface area contributed by atoms with Crippen LogP contribution < -0.4 is 0 Å². The Morgan fingerprint density at radius 2 is 2.57 bits per heavy atom. The minimum Gasteiger partial charge on any atom is -0.465 e. The first-order valence-corrected chi connectivity index (χ1v) is 6.04. The van der Waals surface area contributed by atoms with Crippen LogP contribution in [0.1, 0.15) is 19.8 Å². The molecule has 0 N–H and O–H groups in total. The lowest BCUT2D eigenvalue weighted by molar-refractivity contribution is -0.141. The number of allylic oxidation sites excluding steroid dienone is 2. The monoisotopic (exact) mass is 210 g/mol. The third-order valence-electron chi connectivity index (χ3n) is 2.53. The molecule has 76 valence electrons. The van der Waals surface area contributed by atoms with Crippen molar-refractivity contribution in [3.8, 4) is 0 Å². The van der Waals surface area contributed by atoms with Crippen molar-refractivity contribution in [1.29, 1.82) is 0 Å². The third kappa shape index (κ3) is 1.73. The summed E-state index contributed by atoms with van der Waals surface area (Å²) in [7, 11) is 0. The van der Waals surface area contributed by atoms with E-state index in [0.717, 1.165) is 18.6 Å². The van der Waals surface area contributed by atoms with Crippen molar-refractivity contribution in [1.82, 2.24) is 0 Å². The molecule has 2 nitrogen and oxygen atoms in total. The minimum absolute atomic E-state index is 0.0542. The Bertz CT molecular complexity index is 304. The fraction of sp³-hybridized carbons (Fsp3) is 0.545. The van der Waals surface area contributed by atoms with Gasteiger partial charge in [0, 0.05) is 5.75 Å². The Balaban J connectivity index is 2.12. The molecule has 14 heavy (non-hydrogen) atoms. The molecule has 3 heteroatoms. The van der Waals surface area contributed by atoms with E-state index in [1.165, 1.54) is 11.1 Å². The van der Waals surface area contributed by atoms with E-state index in [9.17, 15) is 4.79 Å². The van der Waals surface area contributed by atoms with Crippen LogP contribution in [0, 0.1) is 0 Å². The lowest BCUT2D eigenvalue weighted by Gasteiger charge is -2.12. The second-order valence-electron chi connectivity index (χ2n) is 3.44. The Labute approximate surface area is 88.4 Å². The molecule has 0 saturated heterocycles. The van der Waals surface area contributed by atoms with Crippen molar-refractivity contribution in [2.75, 3.05) is 12.4 Å². The van der Waals surface area contributed by atoms with Gasteiger partial charge in [-0.25, -0.2) is 0 Å². The number of esters is 1. The molecular weight excluding hydrogens is 196 g/mol. The number of thioether (sulfide) groups is 1. The van der Waals surface area contributed by atoms with Crippen LogP contribution in [-0.2, 0) is 9.53 Å². The molecule has 0 saturated carbocycles. The topological polar surface area (TPSA) is 26.3 Å². The summed E-state index contributed by atoms with van der Waals surface area (Å²) in [5.74, 6) is 0.928. The minimum atomic E-state index is -0.0750. The molecule has 0 radical (unpaired) electrons. The predicted octanol–water partition coefficient (Wildman–Crippen LogP) is 2.31. The zero-order chi connectivity index (χ0) is 9.97. The molecule has 0 bridgehead atoms. The molecule has 2 aliphatic rings. The van der Waals surface area contributed by atoms with Crippen molar-refractivity contribution < 1.29 is 9.53 Å². The Morgan fingerprint density at radius 1 is 1.71 bits per heavy atom. The van der Waals surface area contributed by atoms with Gasteiger partial charge in [-0.1, -0.05) is 17.7 Å². The maximum atomic E-state index is 11.6. The van der Waals surface area contributed by atoms with Crippen LogP contribution in [0.15, 0.2) is 23.3 Å². The Morgan fingerprint density at radius 3 is 3.36 bits per heavy atom. The molecule has 0 aromatic carbocycles. The SMILES string of the molecule is CCOC(=O)C1SCC2=C1C=CCC2. The van der Waals surface area contributed by atoms with Crippen LogP contribution >= 0.6 is 11.8 Å². The summed E-state index contributed by atoms with van der Waals surface area (Å²) in [6, 6.07) is 0. The Kier molecular flexibility index (Phi) is 2.96. The molecule has 0 fully saturated rings. The summed E-state index contributed by atoms with van der Waals surface area (Å²) >= 11 is 1.70. The van der Waals surface area contributed by atoms with Crippen LogP contribution in [-0.4, -0.2) is 23.6 Å². The second-order valence-corrected chi connectivity index (χ2v) is 4.54. The molecule has 0 spiro atoms. The van der Waals surface area contributed by atoms with Crippen molar-refractivity contribution in [3.05, 3.63) is 23.3 Å². The van der Waals surface area contributed by atoms with Gasteiger partial charge in [0.05, 0.1) is 6.61 Å². The molecule has 1 unspecified atom stereocenters. The van der Waals surface area contributed by atoms with E-state index in [-0.39, 0.29) is 11.2 Å². The first-order chi connectivity index (χ1) is 6.83. The van der Waals surface area contributed by atoms with E-state index < -0.39 is 0 Å². The summed E-state index contributed by atoms with van der Waals surface area (Å²) in [6.45, 7) is 2.33. The average Bonchev–Trinajstić information content (AvgIpc) is 2.61. The number of hydrogen-bond donors (Lipinski definition) is 0. The van der Waals surface area contributed by atoms with Gasteiger partial charge in [-0.15, -0.1) is 11.8 Å². The zero-order valence-electron chi connectivity index (χ0n) is 8.29. The van der Waals surface area contributed by atoms with Gasteiger partial charge in [-0.05, 0) is 25.3 Å². The first-order valence-electron chi connectivity index (χ1n) is 4.99. The number of carbonyl (C=O) groups is 1. The zero-order valence-corrected chi connectivity index (χ0v) is 9.10. The lowest BCUT2D eigenvalue weighted by atomic mass is 9.97. The summed E-state index contributed by atoms with van der Waals surface area (Å²) in [6.07, 6.45) is 6.49. The van der Waals surface area contributed by atoms with Crippen LogP contribution in [0.4, 0.5) is 0 Å². The first kappa shape index (κ1) is 9.84. The highest BCUT2D eigenvalue weighted by molar-refractivity contribution is 8.01.